The highest BCUT2D eigenvalue weighted by atomic mass is 16.4. The van der Waals surface area contributed by atoms with E-state index in [9.17, 15) is 14.4 Å². The van der Waals surface area contributed by atoms with Crippen molar-refractivity contribution in [1.82, 2.24) is 19.8 Å². The smallest absolute Gasteiger partial charge is 0.335 e. The van der Waals surface area contributed by atoms with Gasteiger partial charge in [0.15, 0.2) is 0 Å². The Kier molecular flexibility index (Phi) is 8.00. The predicted octanol–water partition coefficient (Wildman–Crippen LogP) is 3.03. The van der Waals surface area contributed by atoms with Gasteiger partial charge in [-0.05, 0) is 43.9 Å². The number of unbranched alkanes of at least 4 members (excludes halogenated alkanes) is 2. The maximum Gasteiger partial charge on any atom is 0.335 e. The summed E-state index contributed by atoms with van der Waals surface area (Å²) in [6.45, 7) is 4.72. The van der Waals surface area contributed by atoms with E-state index in [-0.39, 0.29) is 12.2 Å². The van der Waals surface area contributed by atoms with Crippen LogP contribution in [0.25, 0.3) is 5.57 Å². The van der Waals surface area contributed by atoms with Crippen molar-refractivity contribution >= 4 is 23.5 Å². The number of carboxylic acid groups (broad SMARTS) is 1. The Hall–Kier alpha value is -3.46. The summed E-state index contributed by atoms with van der Waals surface area (Å²) >= 11 is 0. The molecule has 0 atom stereocenters. The number of nitrogens with zero attached hydrogens (tertiary/aromatic N) is 3. The number of nitrogens with one attached hydrogen (secondary N) is 1. The van der Waals surface area contributed by atoms with Gasteiger partial charge < -0.3 is 14.8 Å². The van der Waals surface area contributed by atoms with E-state index in [1.165, 1.54) is 4.90 Å². The number of benzene rings is 1. The van der Waals surface area contributed by atoms with E-state index >= 15 is 0 Å². The lowest BCUT2D eigenvalue weighted by molar-refractivity contribution is -0.116. The number of carbonyl (C=O) groups is 3. The first-order valence-corrected chi connectivity index (χ1v) is 11.2. The Morgan fingerprint density at radius 3 is 2.48 bits per heavy atom. The molecule has 1 aliphatic rings. The van der Waals surface area contributed by atoms with Crippen LogP contribution in [0, 0.1) is 0 Å². The summed E-state index contributed by atoms with van der Waals surface area (Å²) in [4.78, 5) is 42.2. The lowest BCUT2D eigenvalue weighted by Crippen LogP contribution is -2.29. The number of imidazole rings is 1. The second-order valence-electron chi connectivity index (χ2n) is 8.07. The van der Waals surface area contributed by atoms with Gasteiger partial charge in [0, 0.05) is 31.7 Å². The van der Waals surface area contributed by atoms with Gasteiger partial charge in [-0.25, -0.2) is 14.6 Å². The van der Waals surface area contributed by atoms with Gasteiger partial charge in [0.2, 0.25) is 0 Å². The van der Waals surface area contributed by atoms with E-state index in [2.05, 4.69) is 17.2 Å². The second-order valence-corrected chi connectivity index (χ2v) is 8.07. The average molecular weight is 455 g/mol. The molecular formula is C24H30N4O5. The van der Waals surface area contributed by atoms with Gasteiger partial charge in [0.05, 0.1) is 17.5 Å². The van der Waals surface area contributed by atoms with Crippen LogP contribution in [-0.4, -0.2) is 55.7 Å². The number of rotatable bonds is 11. The molecular weight excluding hydrogens is 424 g/mol. The lowest BCUT2D eigenvalue weighted by atomic mass is 10.1. The van der Waals surface area contributed by atoms with Gasteiger partial charge in [0.25, 0.3) is 5.91 Å². The van der Waals surface area contributed by atoms with Crippen LogP contribution in [-0.2, 0) is 17.8 Å². The molecule has 1 aliphatic heterocycles. The van der Waals surface area contributed by atoms with Gasteiger partial charge in [-0.1, -0.05) is 25.5 Å². The van der Waals surface area contributed by atoms with Crippen LogP contribution >= 0.6 is 0 Å². The zero-order valence-electron chi connectivity index (χ0n) is 19.0. The van der Waals surface area contributed by atoms with Crippen LogP contribution < -0.4 is 5.32 Å². The normalized spacial score (nSPS) is 15.2. The van der Waals surface area contributed by atoms with Gasteiger partial charge in [-0.15, -0.1) is 0 Å². The summed E-state index contributed by atoms with van der Waals surface area (Å²) in [5.41, 5.74) is 2.79. The molecule has 1 saturated heterocycles. The molecule has 1 aromatic carbocycles. The van der Waals surface area contributed by atoms with E-state index in [1.807, 2.05) is 4.57 Å². The minimum absolute atomic E-state index is 0.0235. The molecule has 3 amide bonds. The van der Waals surface area contributed by atoms with Crippen molar-refractivity contribution in [1.29, 1.82) is 0 Å². The molecule has 0 aliphatic carbocycles. The zero-order valence-corrected chi connectivity index (χ0v) is 19.0. The monoisotopic (exact) mass is 454 g/mol. The Morgan fingerprint density at radius 1 is 1.12 bits per heavy atom. The Morgan fingerprint density at radius 2 is 1.85 bits per heavy atom. The van der Waals surface area contributed by atoms with E-state index in [0.717, 1.165) is 36.3 Å². The van der Waals surface area contributed by atoms with Crippen LogP contribution in [0.15, 0.2) is 36.2 Å². The molecule has 0 bridgehead atoms. The minimum Gasteiger partial charge on any atom is -0.478 e. The maximum absolute atomic E-state index is 12.6. The number of aromatic carboxylic acids is 1. The number of aliphatic hydroxyl groups is 1. The first-order chi connectivity index (χ1) is 15.9. The number of amides is 3. The van der Waals surface area contributed by atoms with Gasteiger partial charge in [0.1, 0.15) is 11.5 Å². The molecule has 2 aromatic rings. The zero-order chi connectivity index (χ0) is 24.0. The Bertz CT molecular complexity index is 1060. The van der Waals surface area contributed by atoms with Gasteiger partial charge in [-0.2, -0.15) is 0 Å². The van der Waals surface area contributed by atoms with Crippen LogP contribution in [0.2, 0.25) is 0 Å². The molecule has 1 aromatic heterocycles. The second kappa shape index (κ2) is 10.9. The topological polar surface area (TPSA) is 125 Å². The van der Waals surface area contributed by atoms with Crippen molar-refractivity contribution in [3.8, 4) is 0 Å². The summed E-state index contributed by atoms with van der Waals surface area (Å²) in [6.07, 6.45) is 5.56. The molecule has 3 rings (SSSR count). The average Bonchev–Trinajstić information content (AvgIpc) is 3.31. The van der Waals surface area contributed by atoms with Crippen LogP contribution in [0.3, 0.4) is 0 Å². The largest absolute Gasteiger partial charge is 0.478 e. The molecule has 0 radical (unpaired) electrons. The van der Waals surface area contributed by atoms with Crippen molar-refractivity contribution in [3.63, 3.8) is 0 Å². The van der Waals surface area contributed by atoms with E-state index in [1.54, 1.807) is 37.4 Å². The maximum atomic E-state index is 12.6. The molecule has 33 heavy (non-hydrogen) atoms. The van der Waals surface area contributed by atoms with Crippen molar-refractivity contribution in [2.75, 3.05) is 13.2 Å². The quantitative estimate of drug-likeness (QED) is 0.272. The number of aromatic nitrogens is 2. The fourth-order valence-corrected chi connectivity index (χ4v) is 3.90. The Labute approximate surface area is 192 Å². The molecule has 0 unspecified atom stereocenters. The van der Waals surface area contributed by atoms with Crippen molar-refractivity contribution in [3.05, 3.63) is 58.8 Å². The van der Waals surface area contributed by atoms with Crippen LogP contribution in [0.5, 0.6) is 0 Å². The highest BCUT2D eigenvalue weighted by Gasteiger charge is 2.35. The molecule has 3 N–H and O–H groups in total. The Balaban J connectivity index is 2.00. The summed E-state index contributed by atoms with van der Waals surface area (Å²) in [5, 5.41) is 20.6. The number of carbonyl (C=O) groups excluding carboxylic acids is 2. The number of imide groups is 1. The molecule has 9 nitrogen and oxygen atoms in total. The number of hydrogen-bond donors (Lipinski definition) is 3. The van der Waals surface area contributed by atoms with Crippen molar-refractivity contribution in [2.45, 2.75) is 52.5 Å². The third-order valence-corrected chi connectivity index (χ3v) is 5.71. The van der Waals surface area contributed by atoms with Crippen molar-refractivity contribution < 1.29 is 24.6 Å². The van der Waals surface area contributed by atoms with Gasteiger partial charge >= 0.3 is 12.0 Å². The lowest BCUT2D eigenvalue weighted by Gasteiger charge is -2.19. The van der Waals surface area contributed by atoms with Crippen LogP contribution in [0.4, 0.5) is 4.79 Å². The third-order valence-electron chi connectivity index (χ3n) is 5.71. The summed E-state index contributed by atoms with van der Waals surface area (Å²) in [7, 11) is 0. The highest BCUT2D eigenvalue weighted by molar-refractivity contribution is 6.15. The number of aryl methyl sites for hydroxylation is 1. The van der Waals surface area contributed by atoms with E-state index in [4.69, 9.17) is 10.2 Å². The first-order valence-electron chi connectivity index (χ1n) is 11.2. The number of hydrogen-bond acceptors (Lipinski definition) is 5. The fraction of sp³-hybridized carbons (Fsp3) is 0.417. The minimum atomic E-state index is -0.979. The molecule has 2 heterocycles. The highest BCUT2D eigenvalue weighted by Crippen LogP contribution is 2.27. The first kappa shape index (κ1) is 24.2. The molecule has 9 heteroatoms. The number of carboxylic acids is 1. The van der Waals surface area contributed by atoms with Crippen molar-refractivity contribution in [2.24, 2.45) is 0 Å². The molecule has 176 valence electrons. The number of urea groups is 1. The SMILES string of the molecule is CCCCc1ncc(/C(C)=C2\C(=O)NC(=O)N2CCCCO)n1Cc1ccc(C(=O)O)cc1. The summed E-state index contributed by atoms with van der Waals surface area (Å²) < 4.78 is 2.02. The fourth-order valence-electron chi connectivity index (χ4n) is 3.90. The van der Waals surface area contributed by atoms with E-state index in [0.29, 0.717) is 37.2 Å². The standard InChI is InChI=1S/C24H30N4O5/c1-3-4-7-20-25-14-19(28(20)15-17-8-10-18(11-9-17)23(31)32)16(2)21-22(30)26-24(33)27(21)12-5-6-13-29/h8-11,14,29H,3-7,12-13,15H2,1-2H3,(H,31,32)(H,26,30,33)/b21-16+. The summed E-state index contributed by atoms with van der Waals surface area (Å²) in [6, 6.07) is 6.21. The number of aliphatic hydroxyl groups excluding tert-OH is 1. The predicted molar refractivity (Wildman–Crippen MR) is 123 cm³/mol. The molecule has 0 saturated carbocycles. The van der Waals surface area contributed by atoms with E-state index < -0.39 is 17.9 Å². The summed E-state index contributed by atoms with van der Waals surface area (Å²) in [5.74, 6) is -0.562. The van der Waals surface area contributed by atoms with Crippen LogP contribution in [0.1, 0.15) is 67.0 Å². The molecule has 0 spiro atoms. The third kappa shape index (κ3) is 5.48. The molecule has 1 fully saturated rings. The van der Waals surface area contributed by atoms with Gasteiger partial charge in [-0.3, -0.25) is 15.0 Å². The number of allylic oxidation sites excluding steroid dienone is 1.